The van der Waals surface area contributed by atoms with Crippen LogP contribution in [0.15, 0.2) is 0 Å². The Morgan fingerprint density at radius 1 is 1.44 bits per heavy atom. The van der Waals surface area contributed by atoms with Gasteiger partial charge in [-0.25, -0.2) is 0 Å². The lowest BCUT2D eigenvalue weighted by Crippen LogP contribution is -2.25. The molecule has 0 spiro atoms. The summed E-state index contributed by atoms with van der Waals surface area (Å²) in [6.45, 7) is 7.32. The van der Waals surface area contributed by atoms with Crippen LogP contribution < -0.4 is 0 Å². The van der Waals surface area contributed by atoms with E-state index >= 15 is 0 Å². The molecule has 0 amide bonds. The third-order valence-corrected chi connectivity index (χ3v) is 5.92. The van der Waals surface area contributed by atoms with Gasteiger partial charge in [0.15, 0.2) is 0 Å². The lowest BCUT2D eigenvalue weighted by atomic mass is 9.84. The van der Waals surface area contributed by atoms with Gasteiger partial charge in [0, 0.05) is 9.52 Å². The number of rotatable bonds is 0. The van der Waals surface area contributed by atoms with Crippen molar-refractivity contribution >= 4 is 9.52 Å². The summed E-state index contributed by atoms with van der Waals surface area (Å²) in [6.07, 6.45) is 2.99. The van der Waals surface area contributed by atoms with Crippen molar-refractivity contribution in [1.82, 2.24) is 0 Å². The quantitative estimate of drug-likeness (QED) is 0.455. The third kappa shape index (κ3) is 1.57. The van der Waals surface area contributed by atoms with E-state index < -0.39 is 0 Å². The molecule has 0 aromatic carbocycles. The van der Waals surface area contributed by atoms with Crippen molar-refractivity contribution in [3.05, 3.63) is 0 Å². The molecule has 0 N–H and O–H groups in total. The molecular weight excluding hydrogens is 124 g/mol. The SMILES string of the molecule is CC1[SiH2]CCCC1(C)C. The van der Waals surface area contributed by atoms with E-state index in [2.05, 4.69) is 20.8 Å². The summed E-state index contributed by atoms with van der Waals surface area (Å²) in [6, 6.07) is 1.60. The molecule has 0 aliphatic carbocycles. The summed E-state index contributed by atoms with van der Waals surface area (Å²) in [5, 5.41) is 0. The van der Waals surface area contributed by atoms with Crippen molar-refractivity contribution in [1.29, 1.82) is 0 Å². The van der Waals surface area contributed by atoms with Crippen LogP contribution in [0.1, 0.15) is 33.6 Å². The largest absolute Gasteiger partial charge is 0.0649 e. The van der Waals surface area contributed by atoms with Gasteiger partial charge in [0.1, 0.15) is 0 Å². The summed E-state index contributed by atoms with van der Waals surface area (Å²) < 4.78 is 0. The second kappa shape index (κ2) is 2.45. The summed E-state index contributed by atoms with van der Waals surface area (Å²) in [5.41, 5.74) is 1.79. The van der Waals surface area contributed by atoms with Crippen LogP contribution in [0.4, 0.5) is 0 Å². The van der Waals surface area contributed by atoms with E-state index in [4.69, 9.17) is 0 Å². The average Bonchev–Trinajstić information content (AvgIpc) is 1.77. The van der Waals surface area contributed by atoms with E-state index in [0.717, 1.165) is 5.54 Å². The molecule has 0 aromatic rings. The molecule has 1 heterocycles. The zero-order valence-electron chi connectivity index (χ0n) is 6.91. The van der Waals surface area contributed by atoms with Gasteiger partial charge in [-0.1, -0.05) is 33.2 Å². The molecule has 1 heteroatoms. The van der Waals surface area contributed by atoms with Gasteiger partial charge in [-0.15, -0.1) is 0 Å². The molecule has 9 heavy (non-hydrogen) atoms. The molecular formula is C8H18Si. The molecule has 0 radical (unpaired) electrons. The van der Waals surface area contributed by atoms with Crippen molar-refractivity contribution in [2.24, 2.45) is 5.41 Å². The van der Waals surface area contributed by atoms with Crippen molar-refractivity contribution in [2.45, 2.75) is 45.2 Å². The second-order valence-corrected chi connectivity index (χ2v) is 6.64. The lowest BCUT2D eigenvalue weighted by Gasteiger charge is -2.35. The molecule has 0 nitrogen and oxygen atoms in total. The fourth-order valence-electron chi connectivity index (χ4n) is 1.67. The Balaban J connectivity index is 2.49. The smallest absolute Gasteiger partial charge is 0.0235 e. The maximum atomic E-state index is 2.45. The summed E-state index contributed by atoms with van der Waals surface area (Å²) in [4.78, 5) is 0. The van der Waals surface area contributed by atoms with Crippen LogP contribution in [0, 0.1) is 5.41 Å². The van der Waals surface area contributed by atoms with Gasteiger partial charge in [-0.2, -0.15) is 0 Å². The fourth-order valence-corrected chi connectivity index (χ4v) is 3.80. The van der Waals surface area contributed by atoms with Crippen LogP contribution >= 0.6 is 0 Å². The maximum Gasteiger partial charge on any atom is 0.0235 e. The van der Waals surface area contributed by atoms with Crippen LogP contribution in [0.5, 0.6) is 0 Å². The van der Waals surface area contributed by atoms with Crippen LogP contribution in [-0.2, 0) is 0 Å². The van der Waals surface area contributed by atoms with E-state index in [1.54, 1.807) is 6.04 Å². The average molecular weight is 142 g/mol. The van der Waals surface area contributed by atoms with Crippen molar-refractivity contribution in [3.8, 4) is 0 Å². The van der Waals surface area contributed by atoms with Crippen molar-refractivity contribution in [3.63, 3.8) is 0 Å². The van der Waals surface area contributed by atoms with E-state index in [0.29, 0.717) is 14.9 Å². The summed E-state index contributed by atoms with van der Waals surface area (Å²) in [7, 11) is 0.329. The first kappa shape index (κ1) is 7.33. The number of hydrogen-bond acceptors (Lipinski definition) is 0. The standard InChI is InChI=1S/C8H18Si/c1-7-8(2,3)5-4-6-9-7/h7H,4-6,9H2,1-3H3. The molecule has 1 unspecified atom stereocenters. The van der Waals surface area contributed by atoms with Gasteiger partial charge in [0.2, 0.25) is 0 Å². The van der Waals surface area contributed by atoms with Crippen LogP contribution in [0.3, 0.4) is 0 Å². The van der Waals surface area contributed by atoms with Gasteiger partial charge in [-0.05, 0) is 17.4 Å². The molecule has 1 rings (SSSR count). The topological polar surface area (TPSA) is 0 Å². The Kier molecular flexibility index (Phi) is 1.99. The third-order valence-electron chi connectivity index (χ3n) is 3.04. The van der Waals surface area contributed by atoms with Crippen molar-refractivity contribution in [2.75, 3.05) is 0 Å². The summed E-state index contributed by atoms with van der Waals surface area (Å²) in [5.74, 6) is 0. The first-order valence-electron chi connectivity index (χ1n) is 4.13. The zero-order chi connectivity index (χ0) is 6.91. The van der Waals surface area contributed by atoms with Gasteiger partial charge < -0.3 is 0 Å². The Morgan fingerprint density at radius 3 is 2.44 bits per heavy atom. The second-order valence-electron chi connectivity index (χ2n) is 4.14. The molecule has 0 bridgehead atoms. The van der Waals surface area contributed by atoms with Gasteiger partial charge in [-0.3, -0.25) is 0 Å². The van der Waals surface area contributed by atoms with Crippen LogP contribution in [-0.4, -0.2) is 9.52 Å². The van der Waals surface area contributed by atoms with E-state index in [-0.39, 0.29) is 0 Å². The fraction of sp³-hybridized carbons (Fsp3) is 1.00. The van der Waals surface area contributed by atoms with Crippen LogP contribution in [0.25, 0.3) is 0 Å². The van der Waals surface area contributed by atoms with Gasteiger partial charge >= 0.3 is 0 Å². The maximum absolute atomic E-state index is 2.45. The van der Waals surface area contributed by atoms with Gasteiger partial charge in [0.25, 0.3) is 0 Å². The highest BCUT2D eigenvalue weighted by molar-refractivity contribution is 6.38. The minimum atomic E-state index is 0.329. The molecule has 54 valence electrons. The highest BCUT2D eigenvalue weighted by Crippen LogP contribution is 2.40. The van der Waals surface area contributed by atoms with E-state index in [9.17, 15) is 0 Å². The zero-order valence-corrected chi connectivity index (χ0v) is 8.32. The normalized spacial score (nSPS) is 37.0. The minimum absolute atomic E-state index is 0.329. The van der Waals surface area contributed by atoms with Crippen molar-refractivity contribution < 1.29 is 0 Å². The minimum Gasteiger partial charge on any atom is -0.0649 e. The number of hydrogen-bond donors (Lipinski definition) is 0. The molecule has 1 saturated heterocycles. The first-order chi connectivity index (χ1) is 4.13. The lowest BCUT2D eigenvalue weighted by molar-refractivity contribution is 0.302. The Bertz CT molecular complexity index is 96.7. The van der Waals surface area contributed by atoms with E-state index in [1.165, 1.54) is 12.8 Å². The highest BCUT2D eigenvalue weighted by atomic mass is 28.2. The molecule has 0 aromatic heterocycles. The molecule has 1 aliphatic rings. The first-order valence-corrected chi connectivity index (χ1v) is 5.94. The summed E-state index contributed by atoms with van der Waals surface area (Å²) >= 11 is 0. The highest BCUT2D eigenvalue weighted by Gasteiger charge is 2.28. The monoisotopic (exact) mass is 142 g/mol. The van der Waals surface area contributed by atoms with Crippen LogP contribution in [0.2, 0.25) is 11.6 Å². The molecule has 1 atom stereocenters. The predicted molar refractivity (Wildman–Crippen MR) is 45.8 cm³/mol. The molecule has 1 fully saturated rings. The Labute approximate surface area is 60.9 Å². The molecule has 1 aliphatic heterocycles. The molecule has 0 saturated carbocycles. The Morgan fingerprint density at radius 2 is 2.11 bits per heavy atom. The van der Waals surface area contributed by atoms with E-state index in [1.807, 2.05) is 0 Å². The Hall–Kier alpha value is 0.217. The van der Waals surface area contributed by atoms with Gasteiger partial charge in [0.05, 0.1) is 0 Å². The predicted octanol–water partition coefficient (Wildman–Crippen LogP) is 2.20.